The van der Waals surface area contributed by atoms with Crippen molar-refractivity contribution in [2.24, 2.45) is 0 Å². The number of esters is 1. The maximum absolute atomic E-state index is 12.1. The Balaban J connectivity index is 2.27. The molecule has 0 radical (unpaired) electrons. The molecule has 146 valence electrons. The summed E-state index contributed by atoms with van der Waals surface area (Å²) in [6.45, 7) is 3.54. The van der Waals surface area contributed by atoms with Crippen LogP contribution in [-0.2, 0) is 24.6 Å². The van der Waals surface area contributed by atoms with Gasteiger partial charge in [0.2, 0.25) is 0 Å². The number of hydrogen-bond acceptors (Lipinski definition) is 6. The maximum Gasteiger partial charge on any atom is 0.337 e. The molecule has 1 atom stereocenters. The van der Waals surface area contributed by atoms with Crippen molar-refractivity contribution in [2.45, 2.75) is 19.4 Å². The monoisotopic (exact) mass is 399 g/mol. The van der Waals surface area contributed by atoms with Crippen LogP contribution in [0, 0.1) is 6.92 Å². The molecule has 2 aromatic carbocycles. The van der Waals surface area contributed by atoms with Crippen LogP contribution in [0.2, 0.25) is 0 Å². The number of fused-ring (bicyclic) bond motifs is 1. The Labute approximate surface area is 164 Å². The van der Waals surface area contributed by atoms with E-state index in [1.54, 1.807) is 31.2 Å². The molecule has 1 heterocycles. The summed E-state index contributed by atoms with van der Waals surface area (Å²) in [7, 11) is -2.50. The van der Waals surface area contributed by atoms with Crippen LogP contribution in [0.3, 0.4) is 0 Å². The van der Waals surface area contributed by atoms with E-state index in [0.29, 0.717) is 16.7 Å². The van der Waals surface area contributed by atoms with Gasteiger partial charge in [-0.25, -0.2) is 4.79 Å². The van der Waals surface area contributed by atoms with Crippen molar-refractivity contribution in [3.05, 3.63) is 77.0 Å². The van der Waals surface area contributed by atoms with Crippen LogP contribution in [0.5, 0.6) is 0 Å². The zero-order valence-corrected chi connectivity index (χ0v) is 16.9. The van der Waals surface area contributed by atoms with Gasteiger partial charge in [0.15, 0.2) is 0 Å². The summed E-state index contributed by atoms with van der Waals surface area (Å²) < 4.78 is 34.6. The van der Waals surface area contributed by atoms with Gasteiger partial charge >= 0.3 is 5.97 Å². The molecule has 0 aliphatic carbocycles. The zero-order valence-electron chi connectivity index (χ0n) is 16.1. The number of ether oxygens (including phenoxy) is 1. The van der Waals surface area contributed by atoms with E-state index in [0.717, 1.165) is 22.9 Å². The number of carbonyl (C=O) groups is 1. The molecule has 1 unspecified atom stereocenters. The summed E-state index contributed by atoms with van der Waals surface area (Å²) >= 11 is 0. The highest BCUT2D eigenvalue weighted by atomic mass is 32.2. The highest BCUT2D eigenvalue weighted by Gasteiger charge is 2.36. The molecule has 0 fully saturated rings. The number of aromatic nitrogens is 1. The second-order valence-corrected chi connectivity index (χ2v) is 8.29. The van der Waals surface area contributed by atoms with Gasteiger partial charge in [-0.3, -0.25) is 9.17 Å². The fraction of sp³-hybridized carbons (Fsp3) is 0.238. The number of benzene rings is 2. The number of pyridine rings is 1. The average Bonchev–Trinajstić information content (AvgIpc) is 2.65. The molecule has 3 aromatic rings. The van der Waals surface area contributed by atoms with Crippen molar-refractivity contribution in [1.29, 1.82) is 0 Å². The van der Waals surface area contributed by atoms with Gasteiger partial charge in [-0.2, -0.15) is 8.42 Å². The van der Waals surface area contributed by atoms with Crippen LogP contribution in [0.15, 0.2) is 54.6 Å². The highest BCUT2D eigenvalue weighted by molar-refractivity contribution is 7.86. The van der Waals surface area contributed by atoms with Crippen molar-refractivity contribution in [2.75, 3.05) is 13.4 Å². The van der Waals surface area contributed by atoms with Crippen molar-refractivity contribution in [3.8, 4) is 0 Å². The first-order valence-corrected chi connectivity index (χ1v) is 10.4. The minimum Gasteiger partial charge on any atom is -0.465 e. The number of para-hydroxylation sites is 1. The number of rotatable bonds is 5. The Kier molecular flexibility index (Phi) is 5.23. The maximum atomic E-state index is 12.1. The number of carbonyl (C=O) groups excluding carboxylic acids is 1. The zero-order chi connectivity index (χ0) is 20.5. The van der Waals surface area contributed by atoms with Gasteiger partial charge < -0.3 is 4.74 Å². The minimum absolute atomic E-state index is 0.365. The minimum atomic E-state index is -3.80. The van der Waals surface area contributed by atoms with Gasteiger partial charge in [-0.1, -0.05) is 30.3 Å². The average molecular weight is 399 g/mol. The fourth-order valence-corrected chi connectivity index (χ4v) is 4.09. The van der Waals surface area contributed by atoms with Gasteiger partial charge in [0, 0.05) is 16.6 Å². The Morgan fingerprint density at radius 3 is 2.32 bits per heavy atom. The fourth-order valence-electron chi connectivity index (χ4n) is 3.30. The first kappa shape index (κ1) is 20.0. The molecule has 0 saturated heterocycles. The van der Waals surface area contributed by atoms with Crippen molar-refractivity contribution >= 4 is 27.0 Å². The molecule has 1 aromatic heterocycles. The second kappa shape index (κ2) is 7.33. The van der Waals surface area contributed by atoms with Gasteiger partial charge in [0.25, 0.3) is 10.1 Å². The number of nitrogens with zero attached hydrogens (tertiary/aromatic N) is 1. The van der Waals surface area contributed by atoms with Crippen LogP contribution in [0.4, 0.5) is 0 Å². The SMILES string of the molecule is COC(=O)c1ccc(C(C)(OS(C)(=O)=O)c2cc(C)nc3ccccc23)cc1. The van der Waals surface area contributed by atoms with Crippen LogP contribution < -0.4 is 0 Å². The first-order chi connectivity index (χ1) is 13.1. The van der Waals surface area contributed by atoms with Gasteiger partial charge in [-0.05, 0) is 43.7 Å². The first-order valence-electron chi connectivity index (χ1n) is 8.60. The lowest BCUT2D eigenvalue weighted by Gasteiger charge is -2.31. The largest absolute Gasteiger partial charge is 0.465 e. The molecule has 0 amide bonds. The molecule has 0 aliphatic heterocycles. The van der Waals surface area contributed by atoms with Gasteiger partial charge in [0.1, 0.15) is 5.60 Å². The van der Waals surface area contributed by atoms with E-state index in [1.807, 2.05) is 37.3 Å². The molecule has 0 aliphatic rings. The van der Waals surface area contributed by atoms with Crippen molar-refractivity contribution in [3.63, 3.8) is 0 Å². The van der Waals surface area contributed by atoms with Gasteiger partial charge in [-0.15, -0.1) is 0 Å². The third-order valence-corrected chi connectivity index (χ3v) is 5.17. The summed E-state index contributed by atoms with van der Waals surface area (Å²) in [5.74, 6) is -0.470. The quantitative estimate of drug-likeness (QED) is 0.482. The summed E-state index contributed by atoms with van der Waals surface area (Å²) in [6, 6.07) is 15.8. The molecule has 0 N–H and O–H groups in total. The molecular weight excluding hydrogens is 378 g/mol. The lowest BCUT2D eigenvalue weighted by atomic mass is 9.85. The summed E-state index contributed by atoms with van der Waals surface area (Å²) in [5, 5.41) is 0.788. The predicted octanol–water partition coefficient (Wildman–Crippen LogP) is 3.57. The Hall–Kier alpha value is -2.77. The lowest BCUT2D eigenvalue weighted by molar-refractivity contribution is 0.0600. The molecule has 28 heavy (non-hydrogen) atoms. The van der Waals surface area contributed by atoms with Crippen molar-refractivity contribution < 1.29 is 22.1 Å². The molecule has 6 nitrogen and oxygen atoms in total. The van der Waals surface area contributed by atoms with Crippen LogP contribution in [0.25, 0.3) is 10.9 Å². The third-order valence-electron chi connectivity index (χ3n) is 4.53. The Bertz CT molecular complexity index is 1140. The second-order valence-electron chi connectivity index (χ2n) is 6.72. The lowest BCUT2D eigenvalue weighted by Crippen LogP contribution is -2.31. The highest BCUT2D eigenvalue weighted by Crippen LogP contribution is 2.38. The normalized spacial score (nSPS) is 13.9. The molecule has 7 heteroatoms. The molecular formula is C21H21NO5S. The molecule has 0 saturated carbocycles. The van der Waals surface area contributed by atoms with E-state index in [1.165, 1.54) is 7.11 Å². The van der Waals surface area contributed by atoms with E-state index in [2.05, 4.69) is 4.98 Å². The van der Waals surface area contributed by atoms with Crippen molar-refractivity contribution in [1.82, 2.24) is 4.98 Å². The van der Waals surface area contributed by atoms with E-state index in [-0.39, 0.29) is 0 Å². The van der Waals surface area contributed by atoms with E-state index in [9.17, 15) is 13.2 Å². The van der Waals surface area contributed by atoms with Crippen LogP contribution >= 0.6 is 0 Å². The molecule has 0 spiro atoms. The summed E-state index contributed by atoms with van der Waals surface area (Å²) in [6.07, 6.45) is 1.02. The standard InChI is InChI=1S/C21H21NO5S/c1-14-13-18(17-7-5-6-8-19(17)22-14)21(2,27-28(4,24)25)16-11-9-15(10-12-16)20(23)26-3/h5-13H,1-4H3. The van der Waals surface area contributed by atoms with E-state index < -0.39 is 21.7 Å². The Morgan fingerprint density at radius 1 is 1.07 bits per heavy atom. The molecule has 3 rings (SSSR count). The topological polar surface area (TPSA) is 82.6 Å². The number of methoxy groups -OCH3 is 1. The molecule has 0 bridgehead atoms. The van der Waals surface area contributed by atoms with E-state index in [4.69, 9.17) is 8.92 Å². The number of aryl methyl sites for hydroxylation is 1. The van der Waals surface area contributed by atoms with Gasteiger partial charge in [0.05, 0.1) is 24.4 Å². The summed E-state index contributed by atoms with van der Waals surface area (Å²) in [5.41, 5.74) is 1.79. The third kappa shape index (κ3) is 3.90. The van der Waals surface area contributed by atoms with E-state index >= 15 is 0 Å². The van der Waals surface area contributed by atoms with Crippen LogP contribution in [-0.4, -0.2) is 32.7 Å². The van der Waals surface area contributed by atoms with Crippen LogP contribution in [0.1, 0.15) is 34.1 Å². The predicted molar refractivity (Wildman–Crippen MR) is 107 cm³/mol. The number of hydrogen-bond donors (Lipinski definition) is 0. The smallest absolute Gasteiger partial charge is 0.337 e. The Morgan fingerprint density at radius 2 is 1.71 bits per heavy atom. The summed E-state index contributed by atoms with van der Waals surface area (Å²) in [4.78, 5) is 16.3.